The van der Waals surface area contributed by atoms with Crippen LogP contribution < -0.4 is 5.56 Å². The average Bonchev–Trinajstić information content (AvgIpc) is 2.44. The van der Waals surface area contributed by atoms with Crippen molar-refractivity contribution in [2.75, 3.05) is 5.75 Å². The lowest BCUT2D eigenvalue weighted by atomic mass is 10.2. The maximum Gasteiger partial charge on any atom is 0.313 e. The summed E-state index contributed by atoms with van der Waals surface area (Å²) in [5.74, 6) is -1.02. The van der Waals surface area contributed by atoms with Crippen LogP contribution in [0.1, 0.15) is 19.8 Å². The lowest BCUT2D eigenvalue weighted by Crippen LogP contribution is -2.23. The Kier molecular flexibility index (Phi) is 4.79. The van der Waals surface area contributed by atoms with Gasteiger partial charge < -0.3 is 5.11 Å². The number of hydrogen-bond acceptors (Lipinski definition) is 4. The van der Waals surface area contributed by atoms with Crippen molar-refractivity contribution in [3.05, 3.63) is 34.6 Å². The number of hydrogen-bond donors (Lipinski definition) is 1. The Balaban J connectivity index is 2.51. The minimum atomic E-state index is -0.917. The van der Waals surface area contributed by atoms with Crippen LogP contribution in [0.3, 0.4) is 0 Å². The molecule has 1 aromatic carbocycles. The van der Waals surface area contributed by atoms with Crippen molar-refractivity contribution < 1.29 is 9.90 Å². The van der Waals surface area contributed by atoms with Gasteiger partial charge in [0, 0.05) is 6.54 Å². The van der Waals surface area contributed by atoms with Gasteiger partial charge >= 0.3 is 5.97 Å². The van der Waals surface area contributed by atoms with Crippen LogP contribution in [0.4, 0.5) is 0 Å². The maximum atomic E-state index is 12.5. The number of fused-ring (bicyclic) bond motifs is 1. The molecule has 0 saturated heterocycles. The van der Waals surface area contributed by atoms with E-state index >= 15 is 0 Å². The van der Waals surface area contributed by atoms with E-state index in [9.17, 15) is 9.59 Å². The van der Waals surface area contributed by atoms with Gasteiger partial charge in [-0.15, -0.1) is 0 Å². The Morgan fingerprint density at radius 3 is 2.85 bits per heavy atom. The van der Waals surface area contributed by atoms with Crippen molar-refractivity contribution in [3.63, 3.8) is 0 Å². The molecule has 5 nitrogen and oxygen atoms in total. The molecule has 2 aromatic rings. The number of aromatic nitrogens is 2. The summed E-state index contributed by atoms with van der Waals surface area (Å²) in [4.78, 5) is 27.6. The van der Waals surface area contributed by atoms with Crippen molar-refractivity contribution in [1.82, 2.24) is 9.55 Å². The molecule has 0 aliphatic heterocycles. The summed E-state index contributed by atoms with van der Waals surface area (Å²) < 4.78 is 1.58. The second kappa shape index (κ2) is 6.56. The monoisotopic (exact) mass is 292 g/mol. The molecule has 0 spiro atoms. The van der Waals surface area contributed by atoms with Gasteiger partial charge in [-0.1, -0.05) is 37.2 Å². The lowest BCUT2D eigenvalue weighted by molar-refractivity contribution is -0.133. The summed E-state index contributed by atoms with van der Waals surface area (Å²) in [7, 11) is 0. The van der Waals surface area contributed by atoms with E-state index in [4.69, 9.17) is 5.11 Å². The third-order valence-electron chi connectivity index (χ3n) is 2.89. The predicted octanol–water partition coefficient (Wildman–Crippen LogP) is 2.37. The number of para-hydroxylation sites is 1. The minimum absolute atomic E-state index is 0.100. The van der Waals surface area contributed by atoms with E-state index in [0.717, 1.165) is 24.6 Å². The van der Waals surface area contributed by atoms with Gasteiger partial charge in [0.2, 0.25) is 0 Å². The Morgan fingerprint density at radius 1 is 1.40 bits per heavy atom. The van der Waals surface area contributed by atoms with E-state index in [1.807, 2.05) is 13.0 Å². The minimum Gasteiger partial charge on any atom is -0.481 e. The zero-order valence-corrected chi connectivity index (χ0v) is 12.0. The van der Waals surface area contributed by atoms with Crippen LogP contribution >= 0.6 is 11.8 Å². The number of unbranched alkanes of at least 4 members (excludes halogenated alkanes) is 1. The molecule has 6 heteroatoms. The van der Waals surface area contributed by atoms with Crippen LogP contribution in [0, 0.1) is 0 Å². The highest BCUT2D eigenvalue weighted by Gasteiger charge is 2.12. The van der Waals surface area contributed by atoms with Crippen LogP contribution in [0.25, 0.3) is 10.9 Å². The fourth-order valence-electron chi connectivity index (χ4n) is 1.90. The topological polar surface area (TPSA) is 72.2 Å². The molecule has 0 aliphatic rings. The second-order valence-corrected chi connectivity index (χ2v) is 5.35. The Labute approximate surface area is 120 Å². The highest BCUT2D eigenvalue weighted by Crippen LogP contribution is 2.18. The van der Waals surface area contributed by atoms with E-state index in [-0.39, 0.29) is 11.3 Å². The summed E-state index contributed by atoms with van der Waals surface area (Å²) in [6.07, 6.45) is 1.82. The number of thioether (sulfide) groups is 1. The Morgan fingerprint density at radius 2 is 2.15 bits per heavy atom. The first-order chi connectivity index (χ1) is 9.63. The maximum absolute atomic E-state index is 12.5. The zero-order chi connectivity index (χ0) is 14.5. The molecule has 0 amide bonds. The highest BCUT2D eigenvalue weighted by molar-refractivity contribution is 7.99. The summed E-state index contributed by atoms with van der Waals surface area (Å²) in [5, 5.41) is 9.84. The fourth-order valence-corrected chi connectivity index (χ4v) is 2.64. The smallest absolute Gasteiger partial charge is 0.313 e. The molecule has 2 rings (SSSR count). The first-order valence-electron chi connectivity index (χ1n) is 6.47. The fraction of sp³-hybridized carbons (Fsp3) is 0.357. The molecule has 0 radical (unpaired) electrons. The van der Waals surface area contributed by atoms with Crippen LogP contribution in [-0.2, 0) is 11.3 Å². The molecule has 1 N–H and O–H groups in total. The molecule has 0 bridgehead atoms. The number of carboxylic acid groups (broad SMARTS) is 1. The first-order valence-corrected chi connectivity index (χ1v) is 7.46. The Hall–Kier alpha value is -1.82. The predicted molar refractivity (Wildman–Crippen MR) is 79.3 cm³/mol. The number of rotatable bonds is 6. The van der Waals surface area contributed by atoms with Gasteiger partial charge in [0.15, 0.2) is 5.16 Å². The molecule has 106 valence electrons. The molecular formula is C14H16N2O3S. The molecule has 0 unspecified atom stereocenters. The van der Waals surface area contributed by atoms with Gasteiger partial charge in [-0.2, -0.15) is 0 Å². The largest absolute Gasteiger partial charge is 0.481 e. The molecular weight excluding hydrogens is 276 g/mol. The normalized spacial score (nSPS) is 10.8. The van der Waals surface area contributed by atoms with E-state index < -0.39 is 5.97 Å². The Bertz CT molecular complexity index is 682. The third kappa shape index (κ3) is 3.19. The van der Waals surface area contributed by atoms with E-state index in [0.29, 0.717) is 22.6 Å². The van der Waals surface area contributed by atoms with E-state index in [1.165, 1.54) is 0 Å². The van der Waals surface area contributed by atoms with Crippen molar-refractivity contribution >= 4 is 28.6 Å². The van der Waals surface area contributed by atoms with Gasteiger partial charge in [0.1, 0.15) is 0 Å². The SMILES string of the molecule is CCCCn1c(SCC(=O)O)nc2ccccc2c1=O. The van der Waals surface area contributed by atoms with Gasteiger partial charge in [-0.05, 0) is 18.6 Å². The van der Waals surface area contributed by atoms with Crippen LogP contribution in [-0.4, -0.2) is 26.4 Å². The summed E-state index contributed by atoms with van der Waals surface area (Å²) >= 11 is 1.09. The van der Waals surface area contributed by atoms with Crippen LogP contribution in [0.15, 0.2) is 34.2 Å². The van der Waals surface area contributed by atoms with Crippen molar-refractivity contribution in [2.24, 2.45) is 0 Å². The number of carboxylic acids is 1. The van der Waals surface area contributed by atoms with E-state index in [1.54, 1.807) is 22.8 Å². The van der Waals surface area contributed by atoms with Crippen molar-refractivity contribution in [3.8, 4) is 0 Å². The van der Waals surface area contributed by atoms with Crippen LogP contribution in [0.2, 0.25) is 0 Å². The summed E-state index contributed by atoms with van der Waals surface area (Å²) in [6.45, 7) is 2.61. The standard InChI is InChI=1S/C14H16N2O3S/c1-2-3-8-16-13(19)10-6-4-5-7-11(10)15-14(16)20-9-12(17)18/h4-7H,2-3,8-9H2,1H3,(H,17,18). The molecule has 0 aliphatic carbocycles. The van der Waals surface area contributed by atoms with Crippen molar-refractivity contribution in [2.45, 2.75) is 31.5 Å². The molecule has 0 atom stereocenters. The third-order valence-corrected chi connectivity index (χ3v) is 3.85. The summed E-state index contributed by atoms with van der Waals surface area (Å²) in [5.41, 5.74) is 0.509. The number of benzene rings is 1. The summed E-state index contributed by atoms with van der Waals surface area (Å²) in [6, 6.07) is 7.14. The molecule has 1 heterocycles. The molecule has 0 saturated carbocycles. The number of aliphatic carboxylic acids is 1. The van der Waals surface area contributed by atoms with Gasteiger partial charge in [0.25, 0.3) is 5.56 Å². The molecule has 0 fully saturated rings. The highest BCUT2D eigenvalue weighted by atomic mass is 32.2. The quantitative estimate of drug-likeness (QED) is 0.653. The van der Waals surface area contributed by atoms with Gasteiger partial charge in [-0.25, -0.2) is 4.98 Å². The molecule has 20 heavy (non-hydrogen) atoms. The first kappa shape index (κ1) is 14.6. The van der Waals surface area contributed by atoms with Crippen molar-refractivity contribution in [1.29, 1.82) is 0 Å². The average molecular weight is 292 g/mol. The van der Waals surface area contributed by atoms with Gasteiger partial charge in [0.05, 0.1) is 16.7 Å². The van der Waals surface area contributed by atoms with E-state index in [2.05, 4.69) is 4.98 Å². The van der Waals surface area contributed by atoms with Gasteiger partial charge in [-0.3, -0.25) is 14.2 Å². The van der Waals surface area contributed by atoms with Crippen LogP contribution in [0.5, 0.6) is 0 Å². The second-order valence-electron chi connectivity index (χ2n) is 4.40. The number of carbonyl (C=O) groups is 1. The number of nitrogens with zero attached hydrogens (tertiary/aromatic N) is 2. The molecule has 1 aromatic heterocycles. The zero-order valence-electron chi connectivity index (χ0n) is 11.2. The lowest BCUT2D eigenvalue weighted by Gasteiger charge is -2.11.